The number of aliphatic imine (C=N–C) groups is 1. The molecule has 1 aromatic carbocycles. The van der Waals surface area contributed by atoms with Gasteiger partial charge in [-0.1, -0.05) is 30.3 Å². The van der Waals surface area contributed by atoms with E-state index in [2.05, 4.69) is 81.6 Å². The van der Waals surface area contributed by atoms with Crippen molar-refractivity contribution in [2.45, 2.75) is 32.9 Å². The van der Waals surface area contributed by atoms with Gasteiger partial charge < -0.3 is 15.5 Å². The zero-order valence-corrected chi connectivity index (χ0v) is 21.7. The van der Waals surface area contributed by atoms with Crippen LogP contribution in [-0.2, 0) is 6.54 Å². The van der Waals surface area contributed by atoms with Gasteiger partial charge in [0.15, 0.2) is 5.96 Å². The molecule has 30 heavy (non-hydrogen) atoms. The van der Waals surface area contributed by atoms with Crippen LogP contribution in [0.1, 0.15) is 33.6 Å². The number of rotatable bonds is 7. The molecule has 1 aromatic heterocycles. The van der Waals surface area contributed by atoms with E-state index in [1.165, 1.54) is 10.4 Å². The van der Waals surface area contributed by atoms with Crippen LogP contribution in [-0.4, -0.2) is 67.6 Å². The Morgan fingerprint density at radius 2 is 1.97 bits per heavy atom. The van der Waals surface area contributed by atoms with Crippen molar-refractivity contribution in [1.29, 1.82) is 0 Å². The fourth-order valence-corrected chi connectivity index (χ4v) is 4.57. The van der Waals surface area contributed by atoms with Gasteiger partial charge in [0, 0.05) is 50.7 Å². The maximum atomic E-state index is 4.58. The van der Waals surface area contributed by atoms with Crippen LogP contribution in [0.25, 0.3) is 0 Å². The minimum atomic E-state index is 0. The first-order valence-electron chi connectivity index (χ1n) is 10.4. The third-order valence-corrected chi connectivity index (χ3v) is 6.57. The minimum Gasteiger partial charge on any atom is -0.356 e. The number of piperazine rings is 1. The number of hydrogen-bond donors (Lipinski definition) is 2. The average Bonchev–Trinajstić information content (AvgIpc) is 3.06. The quantitative estimate of drug-likeness (QED) is 0.243. The smallest absolute Gasteiger partial charge is 0.191 e. The number of guanidine groups is 1. The van der Waals surface area contributed by atoms with Crippen LogP contribution in [0, 0.1) is 13.8 Å². The van der Waals surface area contributed by atoms with Crippen molar-refractivity contribution in [1.82, 2.24) is 25.4 Å². The maximum absolute atomic E-state index is 4.58. The van der Waals surface area contributed by atoms with Gasteiger partial charge >= 0.3 is 0 Å². The molecular weight excluding hydrogens is 507 g/mol. The molecule has 2 heterocycles. The van der Waals surface area contributed by atoms with E-state index in [4.69, 9.17) is 0 Å². The Morgan fingerprint density at radius 1 is 1.20 bits per heavy atom. The number of likely N-dealkylation sites (N-methyl/N-ethyl adjacent to an activating group) is 1. The fraction of sp³-hybridized carbons (Fsp3) is 0.545. The van der Waals surface area contributed by atoms with E-state index in [9.17, 15) is 0 Å². The third kappa shape index (κ3) is 7.18. The van der Waals surface area contributed by atoms with Gasteiger partial charge in [-0.2, -0.15) is 0 Å². The second kappa shape index (κ2) is 12.6. The van der Waals surface area contributed by atoms with Gasteiger partial charge in [-0.25, -0.2) is 4.98 Å². The molecule has 6 nitrogen and oxygen atoms in total. The number of hydrogen-bond acceptors (Lipinski definition) is 5. The number of benzene rings is 1. The molecule has 1 aliphatic heterocycles. The van der Waals surface area contributed by atoms with Crippen molar-refractivity contribution in [3.05, 3.63) is 51.5 Å². The molecule has 1 aliphatic rings. The number of aromatic nitrogens is 1. The summed E-state index contributed by atoms with van der Waals surface area (Å²) in [6.45, 7) is 10.2. The van der Waals surface area contributed by atoms with Crippen molar-refractivity contribution in [3.63, 3.8) is 0 Å². The zero-order valence-electron chi connectivity index (χ0n) is 18.5. The molecule has 0 radical (unpaired) electrons. The van der Waals surface area contributed by atoms with Crippen LogP contribution in [0.5, 0.6) is 0 Å². The number of nitrogens with one attached hydrogen (secondary N) is 2. The molecule has 0 spiro atoms. The molecule has 0 saturated carbocycles. The van der Waals surface area contributed by atoms with Crippen molar-refractivity contribution in [3.8, 4) is 0 Å². The van der Waals surface area contributed by atoms with Crippen LogP contribution in [0.3, 0.4) is 0 Å². The first-order chi connectivity index (χ1) is 14.1. The molecule has 1 fully saturated rings. The molecular formula is C22H35IN6S. The molecule has 1 atom stereocenters. The van der Waals surface area contributed by atoms with Crippen LogP contribution >= 0.6 is 35.3 Å². The lowest BCUT2D eigenvalue weighted by Gasteiger charge is -2.40. The zero-order chi connectivity index (χ0) is 20.6. The normalized spacial score (nSPS) is 18.1. The molecule has 0 bridgehead atoms. The van der Waals surface area contributed by atoms with E-state index in [0.29, 0.717) is 12.6 Å². The van der Waals surface area contributed by atoms with Crippen molar-refractivity contribution in [2.75, 3.05) is 46.8 Å². The Bertz CT molecular complexity index is 775. The molecule has 166 valence electrons. The van der Waals surface area contributed by atoms with E-state index in [1.807, 2.05) is 7.05 Å². The monoisotopic (exact) mass is 542 g/mol. The minimum absolute atomic E-state index is 0. The van der Waals surface area contributed by atoms with Gasteiger partial charge in [0.25, 0.3) is 0 Å². The van der Waals surface area contributed by atoms with Crippen LogP contribution in [0.2, 0.25) is 0 Å². The summed E-state index contributed by atoms with van der Waals surface area (Å²) in [5.74, 6) is 0.841. The summed E-state index contributed by atoms with van der Waals surface area (Å²) >= 11 is 1.75. The third-order valence-electron chi connectivity index (χ3n) is 5.50. The average molecular weight is 543 g/mol. The maximum Gasteiger partial charge on any atom is 0.191 e. The highest BCUT2D eigenvalue weighted by Crippen LogP contribution is 2.24. The summed E-state index contributed by atoms with van der Waals surface area (Å²) in [5, 5.41) is 7.92. The van der Waals surface area contributed by atoms with Crippen molar-refractivity contribution >= 4 is 41.3 Å². The van der Waals surface area contributed by atoms with Crippen LogP contribution in [0.15, 0.2) is 35.3 Å². The topological polar surface area (TPSA) is 55.8 Å². The second-order valence-corrected chi connectivity index (χ2v) is 8.97. The number of nitrogens with zero attached hydrogens (tertiary/aromatic N) is 4. The first kappa shape index (κ1) is 25.0. The van der Waals surface area contributed by atoms with Crippen molar-refractivity contribution in [2.24, 2.45) is 4.99 Å². The van der Waals surface area contributed by atoms with Gasteiger partial charge in [0.2, 0.25) is 0 Å². The molecule has 1 saturated heterocycles. The Morgan fingerprint density at radius 3 is 2.63 bits per heavy atom. The summed E-state index contributed by atoms with van der Waals surface area (Å²) in [4.78, 5) is 15.3. The molecule has 1 unspecified atom stereocenters. The number of thiazole rings is 1. The summed E-state index contributed by atoms with van der Waals surface area (Å²) in [5.41, 5.74) is 2.54. The lowest BCUT2D eigenvalue weighted by atomic mass is 10.0. The SMILES string of the molecule is CN=C(NCCCN1CCN(C)CC1c1ccccc1)NCc1nc(C)c(C)s1.I. The lowest BCUT2D eigenvalue weighted by molar-refractivity contribution is 0.0891. The van der Waals surface area contributed by atoms with Crippen molar-refractivity contribution < 1.29 is 0 Å². The van der Waals surface area contributed by atoms with Gasteiger partial charge in [-0.15, -0.1) is 35.3 Å². The Kier molecular flexibility index (Phi) is 10.5. The van der Waals surface area contributed by atoms with Gasteiger partial charge in [-0.3, -0.25) is 9.89 Å². The highest BCUT2D eigenvalue weighted by Gasteiger charge is 2.25. The predicted octanol–water partition coefficient (Wildman–Crippen LogP) is 3.42. The van der Waals surface area contributed by atoms with Crippen LogP contribution in [0.4, 0.5) is 0 Å². The molecule has 0 aliphatic carbocycles. The summed E-state index contributed by atoms with van der Waals surface area (Å²) in [6, 6.07) is 11.4. The molecule has 2 N–H and O–H groups in total. The number of aryl methyl sites for hydroxylation is 2. The number of halogens is 1. The van der Waals surface area contributed by atoms with E-state index >= 15 is 0 Å². The summed E-state index contributed by atoms with van der Waals surface area (Å²) in [7, 11) is 4.04. The standard InChI is InChI=1S/C22H34N6S.HI/c1-17-18(2)29-21(26-17)15-25-22(23-3)24-11-8-12-28-14-13-27(4)16-20(28)19-9-6-5-7-10-19;/h5-7,9-10,20H,8,11-16H2,1-4H3,(H2,23,24,25);1H. The van der Waals surface area contributed by atoms with Gasteiger partial charge in [-0.05, 0) is 32.9 Å². The molecule has 2 aromatic rings. The highest BCUT2D eigenvalue weighted by molar-refractivity contribution is 14.0. The summed E-state index contributed by atoms with van der Waals surface area (Å²) < 4.78 is 0. The van der Waals surface area contributed by atoms with E-state index in [-0.39, 0.29) is 24.0 Å². The second-order valence-electron chi connectivity index (χ2n) is 7.68. The lowest BCUT2D eigenvalue weighted by Crippen LogP contribution is -2.47. The first-order valence-corrected chi connectivity index (χ1v) is 11.2. The highest BCUT2D eigenvalue weighted by atomic mass is 127. The molecule has 0 amide bonds. The largest absolute Gasteiger partial charge is 0.356 e. The van der Waals surface area contributed by atoms with E-state index in [1.54, 1.807) is 11.3 Å². The Hall–Kier alpha value is -1.23. The molecule has 8 heteroatoms. The summed E-state index contributed by atoms with van der Waals surface area (Å²) in [6.07, 6.45) is 1.09. The van der Waals surface area contributed by atoms with E-state index < -0.39 is 0 Å². The Labute approximate surface area is 202 Å². The van der Waals surface area contributed by atoms with Gasteiger partial charge in [0.1, 0.15) is 5.01 Å². The predicted molar refractivity (Wildman–Crippen MR) is 138 cm³/mol. The molecule has 3 rings (SSSR count). The fourth-order valence-electron chi connectivity index (χ4n) is 3.70. The Balaban J connectivity index is 0.00000320. The van der Waals surface area contributed by atoms with Gasteiger partial charge in [0.05, 0.1) is 12.2 Å². The van der Waals surface area contributed by atoms with E-state index in [0.717, 1.165) is 55.8 Å². The van der Waals surface area contributed by atoms with Crippen LogP contribution < -0.4 is 10.6 Å².